The molecule has 7 nitrogen and oxygen atoms in total. The Labute approximate surface area is 156 Å². The molecule has 1 aromatic carbocycles. The second-order valence-corrected chi connectivity index (χ2v) is 6.07. The van der Waals surface area contributed by atoms with Crippen molar-refractivity contribution in [1.29, 1.82) is 0 Å². The van der Waals surface area contributed by atoms with E-state index in [2.05, 4.69) is 10.3 Å². The summed E-state index contributed by atoms with van der Waals surface area (Å²) in [6, 6.07) is 11.6. The van der Waals surface area contributed by atoms with Crippen LogP contribution in [0.3, 0.4) is 0 Å². The van der Waals surface area contributed by atoms with Crippen molar-refractivity contribution in [3.63, 3.8) is 0 Å². The smallest absolute Gasteiger partial charge is 0.280 e. The maximum Gasteiger partial charge on any atom is 0.280 e. The zero-order chi connectivity index (χ0) is 20.0. The van der Waals surface area contributed by atoms with Crippen LogP contribution >= 0.6 is 0 Å². The van der Waals surface area contributed by atoms with Crippen molar-refractivity contribution in [2.24, 2.45) is 0 Å². The molecule has 0 saturated heterocycles. The van der Waals surface area contributed by atoms with E-state index < -0.39 is 23.8 Å². The number of fused-ring (bicyclic) bond motifs is 1. The third-order valence-corrected chi connectivity index (χ3v) is 4.37. The molecule has 3 heterocycles. The van der Waals surface area contributed by atoms with Crippen LogP contribution in [-0.4, -0.2) is 21.4 Å². The minimum atomic E-state index is -2.68. The summed E-state index contributed by atoms with van der Waals surface area (Å²) in [6.45, 7) is 0. The van der Waals surface area contributed by atoms with Gasteiger partial charge in [0.2, 0.25) is 0 Å². The molecule has 0 atom stereocenters. The van der Waals surface area contributed by atoms with Crippen LogP contribution in [0.1, 0.15) is 32.8 Å². The number of rotatable bonds is 3. The first kappa shape index (κ1) is 17.5. The molecular weight excluding hydrogens is 370 g/mol. The van der Waals surface area contributed by atoms with E-state index in [0.29, 0.717) is 16.9 Å². The fourth-order valence-electron chi connectivity index (χ4n) is 3.06. The van der Waals surface area contributed by atoms with Gasteiger partial charge in [-0.25, -0.2) is 13.8 Å². The highest BCUT2D eigenvalue weighted by Gasteiger charge is 2.31. The molecule has 1 aliphatic rings. The first-order valence-corrected chi connectivity index (χ1v) is 8.14. The molecule has 4 rings (SSSR count). The molecule has 0 saturated carbocycles. The van der Waals surface area contributed by atoms with Gasteiger partial charge in [0.1, 0.15) is 11.5 Å². The molecule has 0 unspecified atom stereocenters. The lowest BCUT2D eigenvalue weighted by Crippen LogP contribution is -2.24. The molecular formula is C19H12F2N4O3. The molecule has 28 heavy (non-hydrogen) atoms. The third-order valence-electron chi connectivity index (χ3n) is 4.37. The van der Waals surface area contributed by atoms with Crippen molar-refractivity contribution in [2.75, 3.05) is 5.73 Å². The Kier molecular flexibility index (Phi) is 3.99. The van der Waals surface area contributed by atoms with E-state index in [1.54, 1.807) is 30.3 Å². The summed E-state index contributed by atoms with van der Waals surface area (Å²) in [4.78, 5) is 40.0. The third kappa shape index (κ3) is 2.73. The Morgan fingerprint density at radius 1 is 1.00 bits per heavy atom. The zero-order valence-corrected chi connectivity index (χ0v) is 14.1. The van der Waals surface area contributed by atoms with E-state index in [9.17, 15) is 23.2 Å². The Hall–Kier alpha value is -3.88. The van der Waals surface area contributed by atoms with Crippen LogP contribution < -0.4 is 16.6 Å². The summed E-state index contributed by atoms with van der Waals surface area (Å²) in [5.41, 5.74) is 6.21. The van der Waals surface area contributed by atoms with Gasteiger partial charge in [0.05, 0.1) is 22.5 Å². The van der Waals surface area contributed by atoms with Gasteiger partial charge in [-0.05, 0) is 24.3 Å². The SMILES string of the molecule is Nc1c2c(cc(=O)n1-c1ccc(-c3cccc(C(F)F)n3)cc1)C(=O)NC2=O. The number of amides is 2. The first-order valence-electron chi connectivity index (χ1n) is 8.14. The Morgan fingerprint density at radius 3 is 2.39 bits per heavy atom. The molecule has 0 radical (unpaired) electrons. The number of benzene rings is 1. The number of anilines is 1. The summed E-state index contributed by atoms with van der Waals surface area (Å²) >= 11 is 0. The molecule has 3 N–H and O–H groups in total. The van der Waals surface area contributed by atoms with Crippen molar-refractivity contribution in [1.82, 2.24) is 14.9 Å². The number of imide groups is 1. The number of carbonyl (C=O) groups is 2. The number of aromatic nitrogens is 2. The quantitative estimate of drug-likeness (QED) is 0.676. The summed E-state index contributed by atoms with van der Waals surface area (Å²) in [6.07, 6.45) is -2.68. The summed E-state index contributed by atoms with van der Waals surface area (Å²) in [5, 5.41) is 2.09. The van der Waals surface area contributed by atoms with Crippen LogP contribution in [0.15, 0.2) is 53.3 Å². The lowest BCUT2D eigenvalue weighted by Gasteiger charge is -2.12. The van der Waals surface area contributed by atoms with Gasteiger partial charge >= 0.3 is 0 Å². The molecule has 1 aliphatic heterocycles. The van der Waals surface area contributed by atoms with Gasteiger partial charge < -0.3 is 5.73 Å². The van der Waals surface area contributed by atoms with E-state index in [1.165, 1.54) is 12.1 Å². The number of nitrogen functional groups attached to an aromatic ring is 1. The standard InChI is InChI=1S/C19H12F2N4O3/c20-16(21)13-3-1-2-12(23-13)9-4-6-10(7-5-9)25-14(26)8-11-15(17(25)22)19(28)24-18(11)27/h1-8,16H,22H2,(H,24,27,28). The average Bonchev–Trinajstić information content (AvgIpc) is 2.96. The van der Waals surface area contributed by atoms with Crippen LogP contribution in [0.5, 0.6) is 0 Å². The summed E-state index contributed by atoms with van der Waals surface area (Å²) in [7, 11) is 0. The van der Waals surface area contributed by atoms with Crippen molar-refractivity contribution in [3.8, 4) is 16.9 Å². The van der Waals surface area contributed by atoms with Crippen LogP contribution in [0.2, 0.25) is 0 Å². The molecule has 0 fully saturated rings. The lowest BCUT2D eigenvalue weighted by molar-refractivity contribution is 0.0879. The Balaban J connectivity index is 1.78. The minimum Gasteiger partial charge on any atom is -0.384 e. The highest BCUT2D eigenvalue weighted by Crippen LogP contribution is 2.25. The number of hydrogen-bond acceptors (Lipinski definition) is 5. The number of alkyl halides is 2. The lowest BCUT2D eigenvalue weighted by atomic mass is 10.1. The number of carbonyl (C=O) groups excluding carboxylic acids is 2. The van der Waals surface area contributed by atoms with Crippen molar-refractivity contribution >= 4 is 17.6 Å². The predicted octanol–water partition coefficient (Wildman–Crippen LogP) is 2.30. The molecule has 3 aromatic rings. The Bertz CT molecular complexity index is 1190. The molecule has 2 aromatic heterocycles. The topological polar surface area (TPSA) is 107 Å². The number of nitrogens with two attached hydrogens (primary N) is 1. The van der Waals surface area contributed by atoms with Gasteiger partial charge in [-0.2, -0.15) is 0 Å². The van der Waals surface area contributed by atoms with E-state index in [0.717, 1.165) is 10.6 Å². The summed E-state index contributed by atoms with van der Waals surface area (Å²) in [5.74, 6) is -1.50. The van der Waals surface area contributed by atoms with E-state index >= 15 is 0 Å². The molecule has 0 aliphatic carbocycles. The normalized spacial score (nSPS) is 13.0. The molecule has 9 heteroatoms. The monoisotopic (exact) mass is 382 g/mol. The van der Waals surface area contributed by atoms with Crippen molar-refractivity contribution in [2.45, 2.75) is 6.43 Å². The number of hydrogen-bond donors (Lipinski definition) is 2. The minimum absolute atomic E-state index is 0.0556. The average molecular weight is 382 g/mol. The van der Waals surface area contributed by atoms with Crippen LogP contribution in [0.4, 0.5) is 14.6 Å². The summed E-state index contributed by atoms with van der Waals surface area (Å²) < 4.78 is 26.8. The number of pyridine rings is 2. The first-order chi connectivity index (χ1) is 13.4. The van der Waals surface area contributed by atoms with Gasteiger partial charge in [-0.1, -0.05) is 18.2 Å². The van der Waals surface area contributed by atoms with Crippen LogP contribution in [-0.2, 0) is 0 Å². The maximum absolute atomic E-state index is 12.8. The molecule has 2 amide bonds. The Morgan fingerprint density at radius 2 is 1.71 bits per heavy atom. The molecule has 0 bridgehead atoms. The van der Waals surface area contributed by atoms with Crippen LogP contribution in [0, 0.1) is 0 Å². The second-order valence-electron chi connectivity index (χ2n) is 6.07. The molecule has 0 spiro atoms. The predicted molar refractivity (Wildman–Crippen MR) is 96.4 cm³/mol. The van der Waals surface area contributed by atoms with E-state index in [-0.39, 0.29) is 22.6 Å². The number of halogens is 2. The molecule has 140 valence electrons. The fraction of sp³-hybridized carbons (Fsp3) is 0.0526. The van der Waals surface area contributed by atoms with E-state index in [4.69, 9.17) is 5.73 Å². The second kappa shape index (κ2) is 6.38. The fourth-order valence-corrected chi connectivity index (χ4v) is 3.06. The van der Waals surface area contributed by atoms with Crippen molar-refractivity contribution in [3.05, 3.63) is 75.7 Å². The highest BCUT2D eigenvalue weighted by molar-refractivity contribution is 6.23. The number of nitrogens with one attached hydrogen (secondary N) is 1. The zero-order valence-electron chi connectivity index (χ0n) is 14.1. The van der Waals surface area contributed by atoms with E-state index in [1.807, 2.05) is 0 Å². The highest BCUT2D eigenvalue weighted by atomic mass is 19.3. The van der Waals surface area contributed by atoms with Gasteiger partial charge in [0.15, 0.2) is 0 Å². The van der Waals surface area contributed by atoms with Gasteiger partial charge in [-0.3, -0.25) is 24.3 Å². The van der Waals surface area contributed by atoms with Crippen molar-refractivity contribution < 1.29 is 18.4 Å². The van der Waals surface area contributed by atoms with Crippen LogP contribution in [0.25, 0.3) is 16.9 Å². The largest absolute Gasteiger partial charge is 0.384 e. The van der Waals surface area contributed by atoms with Gasteiger partial charge in [0.25, 0.3) is 23.8 Å². The number of nitrogens with zero attached hydrogens (tertiary/aromatic N) is 2. The maximum atomic E-state index is 12.8. The van der Waals surface area contributed by atoms with Gasteiger partial charge in [-0.15, -0.1) is 0 Å². The van der Waals surface area contributed by atoms with Gasteiger partial charge in [0, 0.05) is 11.6 Å².